The Labute approximate surface area is 117 Å². The lowest BCUT2D eigenvalue weighted by atomic mass is 10.2. The minimum Gasteiger partial charge on any atom is -0.478 e. The molecule has 0 spiro atoms. The number of nitrogens with zero attached hydrogens (tertiary/aromatic N) is 2. The van der Waals surface area contributed by atoms with Crippen LogP contribution in [0.5, 0.6) is 5.88 Å². The zero-order valence-corrected chi connectivity index (χ0v) is 11.5. The fraction of sp³-hybridized carbons (Fsp3) is 0.286. The first-order valence-electron chi connectivity index (χ1n) is 6.19. The number of para-hydroxylation sites is 1. The second-order valence-electron chi connectivity index (χ2n) is 4.01. The average molecular weight is 278 g/mol. The highest BCUT2D eigenvalue weighted by Gasteiger charge is 2.03. The van der Waals surface area contributed by atoms with E-state index in [9.17, 15) is 0 Å². The van der Waals surface area contributed by atoms with Crippen LogP contribution in [0.2, 0.25) is 0 Å². The molecule has 0 bridgehead atoms. The summed E-state index contributed by atoms with van der Waals surface area (Å²) in [6, 6.07) is 9.63. The van der Waals surface area contributed by atoms with Crippen molar-refractivity contribution in [2.75, 3.05) is 11.9 Å². The Kier molecular flexibility index (Phi) is 4.98. The number of ether oxygens (including phenoxy) is 1. The summed E-state index contributed by atoms with van der Waals surface area (Å²) in [4.78, 5) is 8.23. The van der Waals surface area contributed by atoms with Gasteiger partial charge in [0, 0.05) is 17.6 Å². The third-order valence-corrected chi connectivity index (χ3v) is 2.81. The van der Waals surface area contributed by atoms with E-state index >= 15 is 0 Å². The number of hydrogen-bond donors (Lipinski definition) is 1. The van der Waals surface area contributed by atoms with Crippen molar-refractivity contribution in [3.8, 4) is 5.88 Å². The number of anilines is 2. The van der Waals surface area contributed by atoms with Crippen LogP contribution in [0, 0.1) is 0 Å². The lowest BCUT2D eigenvalue weighted by Crippen LogP contribution is -2.01. The van der Waals surface area contributed by atoms with Crippen molar-refractivity contribution in [1.82, 2.24) is 9.97 Å². The Morgan fingerprint density at radius 2 is 2.11 bits per heavy atom. The molecular weight excluding hydrogens is 262 g/mol. The van der Waals surface area contributed by atoms with Gasteiger partial charge in [-0.1, -0.05) is 25.1 Å². The highest BCUT2D eigenvalue weighted by Crippen LogP contribution is 2.22. The first-order valence-corrected chi connectivity index (χ1v) is 6.72. The zero-order valence-electron chi connectivity index (χ0n) is 10.8. The summed E-state index contributed by atoms with van der Waals surface area (Å²) in [5.41, 5.74) is 1.97. The molecule has 0 amide bonds. The summed E-state index contributed by atoms with van der Waals surface area (Å²) >= 11 is 5.90. The Morgan fingerprint density at radius 3 is 2.89 bits per heavy atom. The van der Waals surface area contributed by atoms with Crippen LogP contribution in [0.25, 0.3) is 0 Å². The molecule has 0 atom stereocenters. The molecule has 1 heterocycles. The Hall–Kier alpha value is -1.81. The standard InChI is InChI=1S/C14H16ClN3O/c1-2-7-19-14-8-13(16-10-17-14)18-12-6-4-3-5-11(12)9-15/h3-6,8,10H,2,7,9H2,1H3,(H,16,17,18). The van der Waals surface area contributed by atoms with Gasteiger partial charge in [0.05, 0.1) is 6.61 Å². The minimum atomic E-state index is 0.452. The van der Waals surface area contributed by atoms with Crippen LogP contribution in [0.15, 0.2) is 36.7 Å². The molecule has 0 saturated carbocycles. The van der Waals surface area contributed by atoms with Gasteiger partial charge in [0.2, 0.25) is 5.88 Å². The van der Waals surface area contributed by atoms with E-state index in [-0.39, 0.29) is 0 Å². The van der Waals surface area contributed by atoms with Gasteiger partial charge in [0.1, 0.15) is 12.1 Å². The molecule has 0 radical (unpaired) electrons. The van der Waals surface area contributed by atoms with Gasteiger partial charge in [-0.2, -0.15) is 0 Å². The first-order chi connectivity index (χ1) is 9.33. The van der Waals surface area contributed by atoms with E-state index in [1.807, 2.05) is 24.3 Å². The molecule has 19 heavy (non-hydrogen) atoms. The van der Waals surface area contributed by atoms with Gasteiger partial charge < -0.3 is 10.1 Å². The number of aromatic nitrogens is 2. The molecule has 100 valence electrons. The molecule has 0 fully saturated rings. The zero-order chi connectivity index (χ0) is 13.5. The molecular formula is C14H16ClN3O. The molecule has 0 aliphatic heterocycles. The van der Waals surface area contributed by atoms with E-state index < -0.39 is 0 Å². The summed E-state index contributed by atoms with van der Waals surface area (Å²) in [5.74, 6) is 1.72. The summed E-state index contributed by atoms with van der Waals surface area (Å²) in [5, 5.41) is 3.22. The predicted octanol–water partition coefficient (Wildman–Crippen LogP) is 3.75. The number of rotatable bonds is 6. The van der Waals surface area contributed by atoms with Crippen molar-refractivity contribution >= 4 is 23.1 Å². The van der Waals surface area contributed by atoms with Gasteiger partial charge in [0.25, 0.3) is 0 Å². The van der Waals surface area contributed by atoms with Gasteiger partial charge in [0.15, 0.2) is 0 Å². The molecule has 0 aliphatic carbocycles. The molecule has 0 unspecified atom stereocenters. The van der Waals surface area contributed by atoms with Gasteiger partial charge >= 0.3 is 0 Å². The third-order valence-electron chi connectivity index (χ3n) is 2.52. The van der Waals surface area contributed by atoms with Crippen molar-refractivity contribution in [3.05, 3.63) is 42.2 Å². The Bertz CT molecular complexity index is 534. The summed E-state index contributed by atoms with van der Waals surface area (Å²) in [6.07, 6.45) is 2.43. The molecule has 2 rings (SSSR count). The van der Waals surface area contributed by atoms with Crippen LogP contribution in [0.4, 0.5) is 11.5 Å². The lowest BCUT2D eigenvalue weighted by molar-refractivity contribution is 0.305. The fourth-order valence-electron chi connectivity index (χ4n) is 1.59. The molecule has 1 aromatic heterocycles. The van der Waals surface area contributed by atoms with E-state index in [1.165, 1.54) is 6.33 Å². The second-order valence-corrected chi connectivity index (χ2v) is 4.27. The van der Waals surface area contributed by atoms with Crippen LogP contribution < -0.4 is 10.1 Å². The maximum Gasteiger partial charge on any atom is 0.218 e. The van der Waals surface area contributed by atoms with E-state index in [0.29, 0.717) is 24.2 Å². The van der Waals surface area contributed by atoms with Gasteiger partial charge in [-0.25, -0.2) is 9.97 Å². The monoisotopic (exact) mass is 277 g/mol. The first kappa shape index (κ1) is 13.6. The quantitative estimate of drug-likeness (QED) is 0.817. The molecule has 0 saturated heterocycles. The topological polar surface area (TPSA) is 47.0 Å². The van der Waals surface area contributed by atoms with Crippen molar-refractivity contribution in [1.29, 1.82) is 0 Å². The molecule has 4 nitrogen and oxygen atoms in total. The molecule has 1 aromatic carbocycles. The largest absolute Gasteiger partial charge is 0.478 e. The van der Waals surface area contributed by atoms with Gasteiger partial charge in [-0.15, -0.1) is 11.6 Å². The molecule has 1 N–H and O–H groups in total. The lowest BCUT2D eigenvalue weighted by Gasteiger charge is -2.10. The maximum absolute atomic E-state index is 5.90. The summed E-state index contributed by atoms with van der Waals surface area (Å²) in [7, 11) is 0. The summed E-state index contributed by atoms with van der Waals surface area (Å²) in [6.45, 7) is 2.70. The highest BCUT2D eigenvalue weighted by molar-refractivity contribution is 6.17. The molecule has 2 aromatic rings. The van der Waals surface area contributed by atoms with Crippen LogP contribution in [-0.4, -0.2) is 16.6 Å². The van der Waals surface area contributed by atoms with Crippen LogP contribution in [-0.2, 0) is 5.88 Å². The Morgan fingerprint density at radius 1 is 1.26 bits per heavy atom. The molecule has 0 aliphatic rings. The van der Waals surface area contributed by atoms with Crippen LogP contribution in [0.1, 0.15) is 18.9 Å². The van der Waals surface area contributed by atoms with Crippen LogP contribution in [0.3, 0.4) is 0 Å². The molecule has 5 heteroatoms. The number of halogens is 1. The normalized spacial score (nSPS) is 10.2. The van der Waals surface area contributed by atoms with E-state index in [0.717, 1.165) is 17.7 Å². The van der Waals surface area contributed by atoms with E-state index in [2.05, 4.69) is 22.2 Å². The fourth-order valence-corrected chi connectivity index (χ4v) is 1.82. The maximum atomic E-state index is 5.90. The van der Waals surface area contributed by atoms with Crippen molar-refractivity contribution < 1.29 is 4.74 Å². The van der Waals surface area contributed by atoms with Gasteiger partial charge in [-0.3, -0.25) is 0 Å². The number of hydrogen-bond acceptors (Lipinski definition) is 4. The van der Waals surface area contributed by atoms with E-state index in [4.69, 9.17) is 16.3 Å². The smallest absolute Gasteiger partial charge is 0.218 e. The van der Waals surface area contributed by atoms with Gasteiger partial charge in [-0.05, 0) is 18.1 Å². The van der Waals surface area contributed by atoms with Crippen molar-refractivity contribution in [2.24, 2.45) is 0 Å². The van der Waals surface area contributed by atoms with E-state index in [1.54, 1.807) is 6.07 Å². The third kappa shape index (κ3) is 3.83. The highest BCUT2D eigenvalue weighted by atomic mass is 35.5. The van der Waals surface area contributed by atoms with Crippen LogP contribution >= 0.6 is 11.6 Å². The van der Waals surface area contributed by atoms with Crippen molar-refractivity contribution in [2.45, 2.75) is 19.2 Å². The number of nitrogens with one attached hydrogen (secondary N) is 1. The Balaban J connectivity index is 2.14. The minimum absolute atomic E-state index is 0.452. The summed E-state index contributed by atoms with van der Waals surface area (Å²) < 4.78 is 5.47. The number of alkyl halides is 1. The number of benzene rings is 1. The average Bonchev–Trinajstić information content (AvgIpc) is 2.46. The SMILES string of the molecule is CCCOc1cc(Nc2ccccc2CCl)ncn1. The second kappa shape index (κ2) is 6.95. The van der Waals surface area contributed by atoms with Crippen molar-refractivity contribution in [3.63, 3.8) is 0 Å². The predicted molar refractivity (Wildman–Crippen MR) is 77.1 cm³/mol.